The van der Waals surface area contributed by atoms with Gasteiger partial charge in [0.25, 0.3) is 0 Å². The summed E-state index contributed by atoms with van der Waals surface area (Å²) in [5.41, 5.74) is 1.27. The number of phenolic OH excluding ortho intramolecular Hbond substituents is 1. The van der Waals surface area contributed by atoms with Gasteiger partial charge in [-0.15, -0.1) is 0 Å². The lowest BCUT2D eigenvalue weighted by molar-refractivity contribution is -0.115. The van der Waals surface area contributed by atoms with Crippen molar-refractivity contribution in [1.82, 2.24) is 10.6 Å². The minimum atomic E-state index is -0.434. The van der Waals surface area contributed by atoms with Gasteiger partial charge in [-0.25, -0.2) is 4.79 Å². The Kier molecular flexibility index (Phi) is 5.37. The first-order chi connectivity index (χ1) is 10.6. The summed E-state index contributed by atoms with van der Waals surface area (Å²) in [7, 11) is 0. The number of hydrogen-bond donors (Lipinski definition) is 4. The van der Waals surface area contributed by atoms with Gasteiger partial charge in [0, 0.05) is 6.54 Å². The van der Waals surface area contributed by atoms with Crippen molar-refractivity contribution >= 4 is 17.6 Å². The van der Waals surface area contributed by atoms with E-state index in [-0.39, 0.29) is 12.3 Å². The van der Waals surface area contributed by atoms with Crippen LogP contribution in [0.5, 0.6) is 5.75 Å². The molecule has 6 nitrogen and oxygen atoms in total. The van der Waals surface area contributed by atoms with Crippen LogP contribution in [-0.4, -0.2) is 23.6 Å². The zero-order valence-corrected chi connectivity index (χ0v) is 11.9. The molecule has 0 spiro atoms. The Morgan fingerprint density at radius 1 is 0.909 bits per heavy atom. The zero-order chi connectivity index (χ0) is 15.8. The Balaban J connectivity index is 1.72. The molecule has 4 N–H and O–H groups in total. The maximum atomic E-state index is 11.7. The molecule has 0 aliphatic rings. The highest BCUT2D eigenvalue weighted by Gasteiger charge is 2.07. The van der Waals surface area contributed by atoms with Crippen molar-refractivity contribution in [3.8, 4) is 5.75 Å². The van der Waals surface area contributed by atoms with Gasteiger partial charge in [0.2, 0.25) is 5.91 Å². The van der Waals surface area contributed by atoms with E-state index in [2.05, 4.69) is 16.0 Å². The Morgan fingerprint density at radius 3 is 2.32 bits per heavy atom. The van der Waals surface area contributed by atoms with Crippen LogP contribution in [0.1, 0.15) is 5.56 Å². The highest BCUT2D eigenvalue weighted by Crippen LogP contribution is 2.20. The lowest BCUT2D eigenvalue weighted by Gasteiger charge is -2.09. The SMILES string of the molecule is O=C(CNC(=O)NCc1ccccc1)Nc1ccccc1O. The number of urea groups is 1. The number of amides is 3. The fourth-order valence-corrected chi connectivity index (χ4v) is 1.78. The number of benzene rings is 2. The first-order valence-corrected chi connectivity index (χ1v) is 6.78. The summed E-state index contributed by atoms with van der Waals surface area (Å²) in [5.74, 6) is -0.444. The predicted molar refractivity (Wildman–Crippen MR) is 83.4 cm³/mol. The van der Waals surface area contributed by atoms with Crippen LogP contribution < -0.4 is 16.0 Å². The monoisotopic (exact) mass is 299 g/mol. The van der Waals surface area contributed by atoms with Gasteiger partial charge in [-0.05, 0) is 17.7 Å². The Hall–Kier alpha value is -3.02. The maximum absolute atomic E-state index is 11.7. The molecule has 0 fully saturated rings. The lowest BCUT2D eigenvalue weighted by atomic mass is 10.2. The molecular formula is C16H17N3O3. The standard InChI is InChI=1S/C16H17N3O3/c20-14-9-5-4-8-13(14)19-15(21)11-18-16(22)17-10-12-6-2-1-3-7-12/h1-9,20H,10-11H2,(H,19,21)(H2,17,18,22). The van der Waals surface area contributed by atoms with Crippen LogP contribution in [0.15, 0.2) is 54.6 Å². The average Bonchev–Trinajstić information content (AvgIpc) is 2.54. The van der Waals surface area contributed by atoms with Crippen molar-refractivity contribution in [1.29, 1.82) is 0 Å². The second kappa shape index (κ2) is 7.68. The maximum Gasteiger partial charge on any atom is 0.315 e. The number of phenols is 1. The summed E-state index contributed by atoms with van der Waals surface area (Å²) in [6.07, 6.45) is 0. The van der Waals surface area contributed by atoms with E-state index in [0.717, 1.165) is 5.56 Å². The van der Waals surface area contributed by atoms with Crippen molar-refractivity contribution in [2.75, 3.05) is 11.9 Å². The van der Waals surface area contributed by atoms with Crippen LogP contribution in [0.2, 0.25) is 0 Å². The van der Waals surface area contributed by atoms with E-state index in [0.29, 0.717) is 12.2 Å². The van der Waals surface area contributed by atoms with Crippen molar-refractivity contribution in [3.63, 3.8) is 0 Å². The smallest absolute Gasteiger partial charge is 0.315 e. The molecule has 0 aromatic heterocycles. The summed E-state index contributed by atoms with van der Waals surface area (Å²) in [6, 6.07) is 15.4. The normalized spacial score (nSPS) is 9.82. The number of para-hydroxylation sites is 2. The number of carbonyl (C=O) groups excluding carboxylic acids is 2. The molecule has 2 rings (SSSR count). The number of carbonyl (C=O) groups is 2. The molecule has 0 bridgehead atoms. The van der Waals surface area contributed by atoms with E-state index in [1.54, 1.807) is 18.2 Å². The third-order valence-electron chi connectivity index (χ3n) is 2.88. The number of hydrogen-bond acceptors (Lipinski definition) is 3. The largest absolute Gasteiger partial charge is 0.506 e. The molecule has 0 aliphatic carbocycles. The van der Waals surface area contributed by atoms with Gasteiger partial charge in [-0.1, -0.05) is 42.5 Å². The second-order valence-corrected chi connectivity index (χ2v) is 4.59. The first kappa shape index (κ1) is 15.4. The Bertz CT molecular complexity index is 644. The third kappa shape index (κ3) is 4.82. The molecule has 2 aromatic carbocycles. The molecule has 2 aromatic rings. The highest BCUT2D eigenvalue weighted by molar-refractivity contribution is 5.95. The summed E-state index contributed by atoms with van der Waals surface area (Å²) >= 11 is 0. The van der Waals surface area contributed by atoms with Gasteiger partial charge >= 0.3 is 6.03 Å². The van der Waals surface area contributed by atoms with E-state index in [1.165, 1.54) is 6.07 Å². The van der Waals surface area contributed by atoms with Gasteiger partial charge in [0.15, 0.2) is 0 Å². The summed E-state index contributed by atoms with van der Waals surface area (Å²) in [6.45, 7) is 0.197. The Morgan fingerprint density at radius 2 is 1.59 bits per heavy atom. The summed E-state index contributed by atoms with van der Waals surface area (Å²) in [5, 5.41) is 17.1. The van der Waals surface area contributed by atoms with Crippen LogP contribution in [0.4, 0.5) is 10.5 Å². The van der Waals surface area contributed by atoms with Crippen molar-refractivity contribution in [3.05, 3.63) is 60.2 Å². The van der Waals surface area contributed by atoms with E-state index in [1.807, 2.05) is 30.3 Å². The second-order valence-electron chi connectivity index (χ2n) is 4.59. The fourth-order valence-electron chi connectivity index (χ4n) is 1.78. The van der Waals surface area contributed by atoms with Gasteiger partial charge < -0.3 is 21.1 Å². The van der Waals surface area contributed by atoms with Gasteiger partial charge in [0.1, 0.15) is 5.75 Å². The van der Waals surface area contributed by atoms with Gasteiger partial charge in [-0.2, -0.15) is 0 Å². The average molecular weight is 299 g/mol. The van der Waals surface area contributed by atoms with E-state index in [9.17, 15) is 14.7 Å². The summed E-state index contributed by atoms with van der Waals surface area (Å²) in [4.78, 5) is 23.3. The first-order valence-electron chi connectivity index (χ1n) is 6.78. The zero-order valence-electron chi connectivity index (χ0n) is 11.9. The topological polar surface area (TPSA) is 90.5 Å². The molecule has 0 unspecified atom stereocenters. The molecule has 0 aliphatic heterocycles. The van der Waals surface area contributed by atoms with Crippen LogP contribution in [0, 0.1) is 0 Å². The quantitative estimate of drug-likeness (QED) is 0.635. The van der Waals surface area contributed by atoms with Crippen molar-refractivity contribution in [2.24, 2.45) is 0 Å². The van der Waals surface area contributed by atoms with Crippen molar-refractivity contribution in [2.45, 2.75) is 6.54 Å². The number of nitrogens with one attached hydrogen (secondary N) is 3. The van der Waals surface area contributed by atoms with Crippen LogP contribution >= 0.6 is 0 Å². The predicted octanol–water partition coefficient (Wildman–Crippen LogP) is 1.83. The van der Waals surface area contributed by atoms with Gasteiger partial charge in [0.05, 0.1) is 12.2 Å². The molecule has 0 saturated heterocycles. The van der Waals surface area contributed by atoms with Crippen LogP contribution in [0.25, 0.3) is 0 Å². The van der Waals surface area contributed by atoms with Crippen LogP contribution in [-0.2, 0) is 11.3 Å². The molecular weight excluding hydrogens is 282 g/mol. The highest BCUT2D eigenvalue weighted by atomic mass is 16.3. The molecule has 3 amide bonds. The van der Waals surface area contributed by atoms with E-state index < -0.39 is 11.9 Å². The molecule has 0 heterocycles. The fraction of sp³-hybridized carbons (Fsp3) is 0.125. The molecule has 0 atom stereocenters. The van der Waals surface area contributed by atoms with E-state index in [4.69, 9.17) is 0 Å². The van der Waals surface area contributed by atoms with Crippen LogP contribution in [0.3, 0.4) is 0 Å². The van der Waals surface area contributed by atoms with E-state index >= 15 is 0 Å². The summed E-state index contributed by atoms with van der Waals surface area (Å²) < 4.78 is 0. The third-order valence-corrected chi connectivity index (χ3v) is 2.88. The Labute approximate surface area is 128 Å². The molecule has 0 radical (unpaired) electrons. The molecule has 6 heteroatoms. The number of anilines is 1. The molecule has 22 heavy (non-hydrogen) atoms. The van der Waals surface area contributed by atoms with Gasteiger partial charge in [-0.3, -0.25) is 4.79 Å². The molecule has 114 valence electrons. The number of aromatic hydroxyl groups is 1. The number of rotatable bonds is 5. The van der Waals surface area contributed by atoms with Crippen molar-refractivity contribution < 1.29 is 14.7 Å². The molecule has 0 saturated carbocycles. The minimum absolute atomic E-state index is 0.0237. The minimum Gasteiger partial charge on any atom is -0.506 e. The lowest BCUT2D eigenvalue weighted by Crippen LogP contribution is -2.39.